The predicted molar refractivity (Wildman–Crippen MR) is 100 cm³/mol. The van der Waals surface area contributed by atoms with Gasteiger partial charge in [-0.2, -0.15) is 0 Å². The lowest BCUT2D eigenvalue weighted by molar-refractivity contribution is 0.0696. The smallest absolute Gasteiger partial charge is 0.336 e. The normalized spacial score (nSPS) is 11.1. The topological polar surface area (TPSA) is 66.8 Å². The predicted octanol–water partition coefficient (Wildman–Crippen LogP) is 4.96. The van der Waals surface area contributed by atoms with Crippen LogP contribution in [-0.2, 0) is 6.42 Å². The molecule has 130 valence electrons. The first-order valence-electron chi connectivity index (χ1n) is 7.96. The van der Waals surface area contributed by atoms with E-state index in [1.54, 1.807) is 25.3 Å². The van der Waals surface area contributed by atoms with Crippen LogP contribution in [-0.4, -0.2) is 23.3 Å². The molecule has 2 rings (SSSR count). The number of carboxylic acids is 1. The summed E-state index contributed by atoms with van der Waals surface area (Å²) in [5.41, 5.74) is 3.04. The number of aliphatic hydroxyl groups excluding tert-OH is 1. The van der Waals surface area contributed by atoms with Crippen LogP contribution in [0.4, 0.5) is 0 Å². The van der Waals surface area contributed by atoms with Gasteiger partial charge in [-0.05, 0) is 44.0 Å². The molecule has 4 heteroatoms. The molecule has 0 bridgehead atoms. The number of carbonyl (C=O) groups is 1. The Balaban J connectivity index is 2.67. The molecular weight excluding hydrogens is 316 g/mol. The van der Waals surface area contributed by atoms with Crippen molar-refractivity contribution in [2.45, 2.75) is 20.3 Å². The Morgan fingerprint density at radius 3 is 2.32 bits per heavy atom. The van der Waals surface area contributed by atoms with Crippen LogP contribution in [0.1, 0.15) is 40.9 Å². The van der Waals surface area contributed by atoms with Gasteiger partial charge in [0.15, 0.2) is 0 Å². The monoisotopic (exact) mass is 338 g/mol. The fourth-order valence-corrected chi connectivity index (χ4v) is 2.53. The highest BCUT2D eigenvalue weighted by Crippen LogP contribution is 2.30. The van der Waals surface area contributed by atoms with Crippen molar-refractivity contribution in [3.63, 3.8) is 0 Å². The van der Waals surface area contributed by atoms with E-state index < -0.39 is 5.97 Å². The summed E-state index contributed by atoms with van der Waals surface area (Å²) in [6.45, 7) is 3.95. The number of rotatable bonds is 6. The molecule has 0 spiro atoms. The molecule has 0 radical (unpaired) electrons. The van der Waals surface area contributed by atoms with E-state index in [0.29, 0.717) is 23.3 Å². The molecule has 0 atom stereocenters. The minimum absolute atomic E-state index is 0.00908. The molecule has 2 N–H and O–H groups in total. The second-order valence-corrected chi connectivity index (χ2v) is 5.89. The zero-order valence-corrected chi connectivity index (χ0v) is 14.6. The molecule has 0 aliphatic rings. The molecule has 0 aliphatic heterocycles. The van der Waals surface area contributed by atoms with Crippen LogP contribution in [0, 0.1) is 0 Å². The first-order valence-corrected chi connectivity index (χ1v) is 7.96. The number of aliphatic hydroxyl groups is 1. The van der Waals surface area contributed by atoms with E-state index in [4.69, 9.17) is 4.74 Å². The highest BCUT2D eigenvalue weighted by atomic mass is 16.5. The number of allylic oxidation sites excluding steroid dienone is 2. The maximum absolute atomic E-state index is 11.7. The van der Waals surface area contributed by atoms with Gasteiger partial charge in [0.05, 0.1) is 12.7 Å². The van der Waals surface area contributed by atoms with Crippen molar-refractivity contribution >= 4 is 17.8 Å². The van der Waals surface area contributed by atoms with Gasteiger partial charge >= 0.3 is 5.97 Å². The number of hydrogen-bond donors (Lipinski definition) is 2. The van der Waals surface area contributed by atoms with Crippen LogP contribution in [0.15, 0.2) is 54.1 Å². The first-order chi connectivity index (χ1) is 11.9. The first kappa shape index (κ1) is 18.3. The Labute approximate surface area is 147 Å². The fourth-order valence-electron chi connectivity index (χ4n) is 2.53. The maximum Gasteiger partial charge on any atom is 0.336 e. The Bertz CT molecular complexity index is 813. The Morgan fingerprint density at radius 2 is 1.76 bits per heavy atom. The van der Waals surface area contributed by atoms with Gasteiger partial charge in [0.25, 0.3) is 0 Å². The van der Waals surface area contributed by atoms with E-state index >= 15 is 0 Å². The van der Waals surface area contributed by atoms with E-state index in [2.05, 4.69) is 0 Å². The van der Waals surface area contributed by atoms with Crippen molar-refractivity contribution in [2.24, 2.45) is 0 Å². The zero-order chi connectivity index (χ0) is 18.4. The van der Waals surface area contributed by atoms with Crippen LogP contribution < -0.4 is 4.74 Å². The summed E-state index contributed by atoms with van der Waals surface area (Å²) in [7, 11) is 1.55. The number of hydrogen-bond acceptors (Lipinski definition) is 3. The molecule has 25 heavy (non-hydrogen) atoms. The third-order valence-corrected chi connectivity index (χ3v) is 3.83. The average Bonchev–Trinajstić information content (AvgIpc) is 2.60. The van der Waals surface area contributed by atoms with E-state index in [1.165, 1.54) is 12.1 Å². The van der Waals surface area contributed by atoms with Crippen molar-refractivity contribution in [3.8, 4) is 5.75 Å². The second-order valence-electron chi connectivity index (χ2n) is 5.89. The van der Waals surface area contributed by atoms with Crippen molar-refractivity contribution in [2.75, 3.05) is 7.11 Å². The van der Waals surface area contributed by atoms with Gasteiger partial charge < -0.3 is 14.9 Å². The van der Waals surface area contributed by atoms with Gasteiger partial charge in [-0.15, -0.1) is 0 Å². The quantitative estimate of drug-likeness (QED) is 0.444. The van der Waals surface area contributed by atoms with Crippen molar-refractivity contribution < 1.29 is 19.7 Å². The zero-order valence-electron chi connectivity index (χ0n) is 14.6. The summed E-state index contributed by atoms with van der Waals surface area (Å²) in [6.07, 6.45) is 4.01. The van der Waals surface area contributed by atoms with E-state index in [0.717, 1.165) is 11.1 Å². The van der Waals surface area contributed by atoms with E-state index in [1.807, 2.05) is 38.1 Å². The summed E-state index contributed by atoms with van der Waals surface area (Å²) in [5.74, 6) is -0.447. The third-order valence-electron chi connectivity index (χ3n) is 3.83. The van der Waals surface area contributed by atoms with E-state index in [-0.39, 0.29) is 11.3 Å². The van der Waals surface area contributed by atoms with Gasteiger partial charge in [0.2, 0.25) is 0 Å². The average molecular weight is 338 g/mol. The van der Waals surface area contributed by atoms with Gasteiger partial charge in [-0.3, -0.25) is 0 Å². The van der Waals surface area contributed by atoms with Crippen LogP contribution in [0.25, 0.3) is 11.8 Å². The van der Waals surface area contributed by atoms with Crippen LogP contribution in [0.3, 0.4) is 0 Å². The lowest BCUT2D eigenvalue weighted by Crippen LogP contribution is -2.05. The third kappa shape index (κ3) is 4.51. The van der Waals surface area contributed by atoms with Gasteiger partial charge in [-0.1, -0.05) is 42.0 Å². The molecule has 2 aromatic rings. The SMILES string of the molecule is COc1ccc(C(=O)O)c(C=C(O)c2ccccc2)c1CC=C(C)C. The standard InChI is InChI=1S/C21H22O4/c1-14(2)9-10-16-18(13-19(22)15-7-5-4-6-8-15)17(21(23)24)11-12-20(16)25-3/h4-9,11-13,22H,10H2,1-3H3,(H,23,24). The molecular formula is C21H22O4. The molecule has 4 nitrogen and oxygen atoms in total. The Morgan fingerprint density at radius 1 is 1.08 bits per heavy atom. The molecule has 0 aromatic heterocycles. The maximum atomic E-state index is 11.7. The van der Waals surface area contributed by atoms with Crippen LogP contribution >= 0.6 is 0 Å². The van der Waals surface area contributed by atoms with Crippen molar-refractivity contribution in [1.29, 1.82) is 0 Å². The highest BCUT2D eigenvalue weighted by molar-refractivity contribution is 5.95. The minimum atomic E-state index is -1.05. The summed E-state index contributed by atoms with van der Waals surface area (Å²) in [6, 6.07) is 12.2. The van der Waals surface area contributed by atoms with Crippen molar-refractivity contribution in [3.05, 3.63) is 76.4 Å². The largest absolute Gasteiger partial charge is 0.507 e. The molecule has 0 unspecified atom stereocenters. The minimum Gasteiger partial charge on any atom is -0.507 e. The Hall–Kier alpha value is -3.01. The molecule has 0 fully saturated rings. The lowest BCUT2D eigenvalue weighted by atomic mass is 9.95. The fraction of sp³-hybridized carbons (Fsp3) is 0.190. The molecule has 0 saturated heterocycles. The highest BCUT2D eigenvalue weighted by Gasteiger charge is 2.17. The molecule has 0 saturated carbocycles. The summed E-state index contributed by atoms with van der Waals surface area (Å²) in [5, 5.41) is 20.0. The molecule has 0 aliphatic carbocycles. The van der Waals surface area contributed by atoms with Crippen LogP contribution in [0.2, 0.25) is 0 Å². The molecule has 0 heterocycles. The summed E-state index contributed by atoms with van der Waals surface area (Å²) in [4.78, 5) is 11.7. The second kappa shape index (κ2) is 8.20. The van der Waals surface area contributed by atoms with Gasteiger partial charge in [0.1, 0.15) is 11.5 Å². The number of aromatic carboxylic acids is 1. The van der Waals surface area contributed by atoms with Gasteiger partial charge in [0, 0.05) is 11.1 Å². The van der Waals surface area contributed by atoms with Crippen LogP contribution in [0.5, 0.6) is 5.75 Å². The molecule has 2 aromatic carbocycles. The van der Waals surface area contributed by atoms with E-state index in [9.17, 15) is 15.0 Å². The number of benzene rings is 2. The Kier molecular flexibility index (Phi) is 6.01. The van der Waals surface area contributed by atoms with Crippen molar-refractivity contribution in [1.82, 2.24) is 0 Å². The number of ether oxygens (including phenoxy) is 1. The summed E-state index contributed by atoms with van der Waals surface area (Å²) < 4.78 is 5.41. The number of methoxy groups -OCH3 is 1. The van der Waals surface area contributed by atoms with Gasteiger partial charge in [-0.25, -0.2) is 4.79 Å². The number of carboxylic acid groups (broad SMARTS) is 1. The lowest BCUT2D eigenvalue weighted by Gasteiger charge is -2.14. The molecule has 0 amide bonds. The summed E-state index contributed by atoms with van der Waals surface area (Å²) >= 11 is 0.